The number of nitrogens with zero attached hydrogens (tertiary/aromatic N) is 1. The van der Waals surface area contributed by atoms with Gasteiger partial charge in [0.05, 0.1) is 6.07 Å². The molecule has 0 aliphatic heterocycles. The maximum atomic E-state index is 9.49. The SMILES string of the molecule is CC(C)CNC1(C#N)CCCC(C(C)C)CC1. The summed E-state index contributed by atoms with van der Waals surface area (Å²) in [7, 11) is 0. The maximum absolute atomic E-state index is 9.49. The average molecular weight is 236 g/mol. The monoisotopic (exact) mass is 236 g/mol. The number of nitrogens with one attached hydrogen (secondary N) is 1. The van der Waals surface area contributed by atoms with Gasteiger partial charge >= 0.3 is 0 Å². The average Bonchev–Trinajstić information content (AvgIpc) is 2.49. The van der Waals surface area contributed by atoms with Gasteiger partial charge in [0.1, 0.15) is 5.54 Å². The van der Waals surface area contributed by atoms with Gasteiger partial charge in [-0.15, -0.1) is 0 Å². The summed E-state index contributed by atoms with van der Waals surface area (Å²) >= 11 is 0. The van der Waals surface area contributed by atoms with E-state index in [0.29, 0.717) is 5.92 Å². The van der Waals surface area contributed by atoms with Gasteiger partial charge in [0.25, 0.3) is 0 Å². The third-order valence-electron chi connectivity index (χ3n) is 4.13. The van der Waals surface area contributed by atoms with Crippen LogP contribution >= 0.6 is 0 Å². The van der Waals surface area contributed by atoms with E-state index in [0.717, 1.165) is 31.2 Å². The van der Waals surface area contributed by atoms with Crippen molar-refractivity contribution < 1.29 is 0 Å². The highest BCUT2D eigenvalue weighted by Gasteiger charge is 2.33. The van der Waals surface area contributed by atoms with E-state index in [1.807, 2.05) is 0 Å². The molecule has 1 rings (SSSR count). The van der Waals surface area contributed by atoms with Crippen molar-refractivity contribution in [3.8, 4) is 6.07 Å². The highest BCUT2D eigenvalue weighted by Crippen LogP contribution is 2.33. The molecule has 17 heavy (non-hydrogen) atoms. The Kier molecular flexibility index (Phi) is 5.46. The molecule has 2 unspecified atom stereocenters. The molecule has 0 aromatic rings. The van der Waals surface area contributed by atoms with Crippen molar-refractivity contribution in [1.82, 2.24) is 5.32 Å². The molecule has 2 nitrogen and oxygen atoms in total. The molecule has 0 saturated heterocycles. The molecule has 2 heteroatoms. The lowest BCUT2D eigenvalue weighted by molar-refractivity contribution is 0.316. The quantitative estimate of drug-likeness (QED) is 0.755. The van der Waals surface area contributed by atoms with Crippen LogP contribution in [0, 0.1) is 29.1 Å². The number of nitriles is 1. The van der Waals surface area contributed by atoms with Crippen LogP contribution in [0.5, 0.6) is 0 Å². The van der Waals surface area contributed by atoms with Gasteiger partial charge in [-0.25, -0.2) is 0 Å². The zero-order valence-electron chi connectivity index (χ0n) is 11.9. The fourth-order valence-electron chi connectivity index (χ4n) is 2.76. The van der Waals surface area contributed by atoms with Crippen molar-refractivity contribution >= 4 is 0 Å². The summed E-state index contributed by atoms with van der Waals surface area (Å²) in [5.41, 5.74) is -0.242. The van der Waals surface area contributed by atoms with Crippen LogP contribution in [0.1, 0.15) is 59.8 Å². The molecule has 0 aromatic heterocycles. The van der Waals surface area contributed by atoms with E-state index in [-0.39, 0.29) is 5.54 Å². The summed E-state index contributed by atoms with van der Waals surface area (Å²) in [5.74, 6) is 2.19. The Labute approximate surface area is 107 Å². The molecular formula is C15H28N2. The Morgan fingerprint density at radius 1 is 1.24 bits per heavy atom. The second kappa shape index (κ2) is 6.40. The number of hydrogen-bond donors (Lipinski definition) is 1. The predicted octanol–water partition coefficient (Wildman–Crippen LogP) is 3.73. The topological polar surface area (TPSA) is 35.8 Å². The Bertz CT molecular complexity index is 265. The zero-order chi connectivity index (χ0) is 12.9. The minimum atomic E-state index is -0.242. The van der Waals surface area contributed by atoms with E-state index >= 15 is 0 Å². The van der Waals surface area contributed by atoms with Crippen molar-refractivity contribution in [3.63, 3.8) is 0 Å². The van der Waals surface area contributed by atoms with E-state index in [1.165, 1.54) is 19.3 Å². The molecule has 1 aliphatic rings. The molecule has 0 bridgehead atoms. The van der Waals surface area contributed by atoms with Crippen molar-refractivity contribution in [2.75, 3.05) is 6.54 Å². The highest BCUT2D eigenvalue weighted by molar-refractivity contribution is 5.08. The lowest BCUT2D eigenvalue weighted by Crippen LogP contribution is -2.45. The summed E-state index contributed by atoms with van der Waals surface area (Å²) < 4.78 is 0. The summed E-state index contributed by atoms with van der Waals surface area (Å²) in [5, 5.41) is 13.0. The molecule has 1 aliphatic carbocycles. The first-order valence-electron chi connectivity index (χ1n) is 7.15. The van der Waals surface area contributed by atoms with Crippen molar-refractivity contribution in [2.45, 2.75) is 65.3 Å². The number of hydrogen-bond acceptors (Lipinski definition) is 2. The van der Waals surface area contributed by atoms with Crippen LogP contribution in [-0.2, 0) is 0 Å². The van der Waals surface area contributed by atoms with Crippen LogP contribution in [0.25, 0.3) is 0 Å². The Hall–Kier alpha value is -0.550. The van der Waals surface area contributed by atoms with Gasteiger partial charge in [0.2, 0.25) is 0 Å². The van der Waals surface area contributed by atoms with E-state index in [4.69, 9.17) is 0 Å². The van der Waals surface area contributed by atoms with Gasteiger partial charge in [-0.2, -0.15) is 5.26 Å². The van der Waals surface area contributed by atoms with Crippen LogP contribution in [0.3, 0.4) is 0 Å². The Balaban J connectivity index is 2.59. The molecule has 0 aromatic carbocycles. The maximum Gasteiger partial charge on any atom is 0.106 e. The Morgan fingerprint density at radius 3 is 2.47 bits per heavy atom. The summed E-state index contributed by atoms with van der Waals surface area (Å²) in [6, 6.07) is 2.56. The standard InChI is InChI=1S/C15H28N2/c1-12(2)10-17-15(11-16)8-5-6-14(7-9-15)13(3)4/h12-14,17H,5-10H2,1-4H3. The molecule has 0 heterocycles. The molecule has 0 spiro atoms. The highest BCUT2D eigenvalue weighted by atomic mass is 15.0. The zero-order valence-corrected chi connectivity index (χ0v) is 11.9. The second-order valence-electron chi connectivity index (χ2n) is 6.40. The molecule has 1 saturated carbocycles. The van der Waals surface area contributed by atoms with Gasteiger partial charge < -0.3 is 0 Å². The smallest absolute Gasteiger partial charge is 0.106 e. The van der Waals surface area contributed by atoms with Crippen LogP contribution in [0.2, 0.25) is 0 Å². The molecule has 1 N–H and O–H groups in total. The third-order valence-corrected chi connectivity index (χ3v) is 4.13. The number of rotatable bonds is 4. The molecule has 0 radical (unpaired) electrons. The van der Waals surface area contributed by atoms with Crippen molar-refractivity contribution in [1.29, 1.82) is 5.26 Å². The fourth-order valence-corrected chi connectivity index (χ4v) is 2.76. The minimum Gasteiger partial charge on any atom is -0.299 e. The van der Waals surface area contributed by atoms with Crippen LogP contribution in [0.15, 0.2) is 0 Å². The van der Waals surface area contributed by atoms with Crippen LogP contribution in [0.4, 0.5) is 0 Å². The molecule has 2 atom stereocenters. The first kappa shape index (κ1) is 14.5. The second-order valence-corrected chi connectivity index (χ2v) is 6.40. The largest absolute Gasteiger partial charge is 0.299 e. The lowest BCUT2D eigenvalue weighted by atomic mass is 9.87. The van der Waals surface area contributed by atoms with Crippen molar-refractivity contribution in [2.24, 2.45) is 17.8 Å². The van der Waals surface area contributed by atoms with Gasteiger partial charge in [-0.1, -0.05) is 40.5 Å². The molecule has 0 amide bonds. The lowest BCUT2D eigenvalue weighted by Gasteiger charge is -2.28. The van der Waals surface area contributed by atoms with Gasteiger partial charge in [-0.3, -0.25) is 5.32 Å². The molecular weight excluding hydrogens is 208 g/mol. The van der Waals surface area contributed by atoms with Gasteiger partial charge in [0.15, 0.2) is 0 Å². The van der Waals surface area contributed by atoms with E-state index in [1.54, 1.807) is 0 Å². The normalized spacial score (nSPS) is 30.3. The summed E-state index contributed by atoms with van der Waals surface area (Å²) in [6.07, 6.45) is 5.75. The van der Waals surface area contributed by atoms with Crippen LogP contribution in [-0.4, -0.2) is 12.1 Å². The van der Waals surface area contributed by atoms with Crippen molar-refractivity contribution in [3.05, 3.63) is 0 Å². The van der Waals surface area contributed by atoms with Gasteiger partial charge in [0, 0.05) is 0 Å². The first-order valence-corrected chi connectivity index (χ1v) is 7.15. The Morgan fingerprint density at radius 2 is 1.94 bits per heavy atom. The third kappa shape index (κ3) is 4.32. The molecule has 1 fully saturated rings. The minimum absolute atomic E-state index is 0.242. The first-order chi connectivity index (χ1) is 7.99. The van der Waals surface area contributed by atoms with E-state index in [9.17, 15) is 5.26 Å². The van der Waals surface area contributed by atoms with E-state index in [2.05, 4.69) is 39.1 Å². The van der Waals surface area contributed by atoms with E-state index < -0.39 is 0 Å². The fraction of sp³-hybridized carbons (Fsp3) is 0.933. The van der Waals surface area contributed by atoms with Crippen LogP contribution < -0.4 is 5.32 Å². The summed E-state index contributed by atoms with van der Waals surface area (Å²) in [6.45, 7) is 9.98. The molecule has 98 valence electrons. The van der Waals surface area contributed by atoms with Gasteiger partial charge in [-0.05, 0) is 43.6 Å². The predicted molar refractivity (Wildman–Crippen MR) is 72.6 cm³/mol. The summed E-state index contributed by atoms with van der Waals surface area (Å²) in [4.78, 5) is 0.